The van der Waals surface area contributed by atoms with E-state index >= 15 is 0 Å². The van der Waals surface area contributed by atoms with E-state index in [-0.39, 0.29) is 30.2 Å². The van der Waals surface area contributed by atoms with E-state index in [0.717, 1.165) is 24.1 Å². The van der Waals surface area contributed by atoms with Crippen LogP contribution in [0.2, 0.25) is 0 Å². The van der Waals surface area contributed by atoms with Crippen LogP contribution in [0.15, 0.2) is 18.2 Å². The molecule has 1 aromatic rings. The van der Waals surface area contributed by atoms with Crippen LogP contribution in [0.25, 0.3) is 0 Å². The Balaban J connectivity index is 1.67. The van der Waals surface area contributed by atoms with Crippen molar-refractivity contribution in [3.63, 3.8) is 0 Å². The molecule has 1 unspecified atom stereocenters. The highest BCUT2D eigenvalue weighted by Gasteiger charge is 2.36. The maximum absolute atomic E-state index is 12.6. The minimum absolute atomic E-state index is 0.00934. The summed E-state index contributed by atoms with van der Waals surface area (Å²) in [5, 5.41) is 3.18. The zero-order chi connectivity index (χ0) is 17.8. The molecule has 136 valence electrons. The van der Waals surface area contributed by atoms with E-state index in [9.17, 15) is 9.59 Å². The predicted molar refractivity (Wildman–Crippen MR) is 97.8 cm³/mol. The van der Waals surface area contributed by atoms with E-state index < -0.39 is 0 Å². The lowest BCUT2D eigenvalue weighted by molar-refractivity contribution is -0.127. The Morgan fingerprint density at radius 3 is 2.60 bits per heavy atom. The van der Waals surface area contributed by atoms with Crippen molar-refractivity contribution in [1.29, 1.82) is 0 Å². The third-order valence-electron chi connectivity index (χ3n) is 5.32. The van der Waals surface area contributed by atoms with Crippen molar-refractivity contribution >= 4 is 17.5 Å². The Kier molecular flexibility index (Phi) is 5.61. The molecule has 1 aliphatic heterocycles. The summed E-state index contributed by atoms with van der Waals surface area (Å²) in [5.74, 6) is 0.407. The van der Waals surface area contributed by atoms with E-state index in [0.29, 0.717) is 12.3 Å². The summed E-state index contributed by atoms with van der Waals surface area (Å²) in [6.45, 7) is 2.41. The highest BCUT2D eigenvalue weighted by Crippen LogP contribution is 2.34. The summed E-state index contributed by atoms with van der Waals surface area (Å²) < 4.78 is 5.40. The minimum Gasteiger partial charge on any atom is -0.495 e. The molecule has 3 rings (SSSR count). The van der Waals surface area contributed by atoms with Gasteiger partial charge in [0.25, 0.3) is 0 Å². The fraction of sp³-hybridized carbons (Fsp3) is 0.600. The summed E-state index contributed by atoms with van der Waals surface area (Å²) in [6.07, 6.45) is 7.27. The van der Waals surface area contributed by atoms with Crippen LogP contribution < -0.4 is 15.0 Å². The lowest BCUT2D eigenvalue weighted by Crippen LogP contribution is -2.39. The number of carbonyl (C=O) groups excluding carboxylic acids is 2. The highest BCUT2D eigenvalue weighted by molar-refractivity contribution is 6.01. The number of nitrogens with zero attached hydrogens (tertiary/aromatic N) is 1. The lowest BCUT2D eigenvalue weighted by Gasteiger charge is -2.21. The van der Waals surface area contributed by atoms with Crippen molar-refractivity contribution in [1.82, 2.24) is 5.32 Å². The first-order valence-corrected chi connectivity index (χ1v) is 9.34. The molecule has 1 aromatic carbocycles. The number of amides is 2. The molecule has 0 radical (unpaired) electrons. The molecule has 2 aliphatic rings. The standard InChI is InChI=1S/C20H28N2O3/c1-14-9-10-18(25-2)17(11-14)22-13-15(12-19(22)23)20(24)21-16-7-5-3-4-6-8-16/h9-11,15-16H,3-8,12-13H2,1-2H3,(H,21,24). The second-order valence-corrected chi connectivity index (χ2v) is 7.28. The normalized spacial score (nSPS) is 21.9. The predicted octanol–water partition coefficient (Wildman–Crippen LogP) is 3.20. The van der Waals surface area contributed by atoms with Crippen molar-refractivity contribution in [3.05, 3.63) is 23.8 Å². The fourth-order valence-electron chi connectivity index (χ4n) is 3.87. The molecule has 1 heterocycles. The topological polar surface area (TPSA) is 58.6 Å². The molecule has 5 nitrogen and oxygen atoms in total. The van der Waals surface area contributed by atoms with Crippen LogP contribution in [0.5, 0.6) is 5.75 Å². The van der Waals surface area contributed by atoms with Crippen molar-refractivity contribution in [2.24, 2.45) is 5.92 Å². The van der Waals surface area contributed by atoms with Gasteiger partial charge in [0, 0.05) is 19.0 Å². The Morgan fingerprint density at radius 1 is 1.20 bits per heavy atom. The maximum Gasteiger partial charge on any atom is 0.227 e. The first-order valence-electron chi connectivity index (χ1n) is 9.34. The summed E-state index contributed by atoms with van der Waals surface area (Å²) in [5.41, 5.74) is 1.83. The first kappa shape index (κ1) is 17.8. The number of nitrogens with one attached hydrogen (secondary N) is 1. The highest BCUT2D eigenvalue weighted by atomic mass is 16.5. The third kappa shape index (κ3) is 4.14. The first-order chi connectivity index (χ1) is 12.1. The smallest absolute Gasteiger partial charge is 0.227 e. The maximum atomic E-state index is 12.6. The van der Waals surface area contributed by atoms with E-state index in [1.807, 2.05) is 25.1 Å². The molecule has 5 heteroatoms. The number of anilines is 1. The van der Waals surface area contributed by atoms with Crippen LogP contribution in [-0.4, -0.2) is 31.5 Å². The molecular formula is C20H28N2O3. The molecule has 0 bridgehead atoms. The average molecular weight is 344 g/mol. The van der Waals surface area contributed by atoms with Gasteiger partial charge in [0.2, 0.25) is 11.8 Å². The van der Waals surface area contributed by atoms with Crippen LogP contribution >= 0.6 is 0 Å². The molecule has 2 amide bonds. The van der Waals surface area contributed by atoms with Gasteiger partial charge in [0.1, 0.15) is 5.75 Å². The molecule has 0 aromatic heterocycles. The largest absolute Gasteiger partial charge is 0.495 e. The third-order valence-corrected chi connectivity index (χ3v) is 5.32. The molecule has 25 heavy (non-hydrogen) atoms. The Morgan fingerprint density at radius 2 is 1.92 bits per heavy atom. The van der Waals surface area contributed by atoms with Crippen LogP contribution in [0.3, 0.4) is 0 Å². The number of benzene rings is 1. The van der Waals surface area contributed by atoms with Crippen molar-refractivity contribution in [2.75, 3.05) is 18.6 Å². The molecule has 1 atom stereocenters. The fourth-order valence-corrected chi connectivity index (χ4v) is 3.87. The summed E-state index contributed by atoms with van der Waals surface area (Å²) in [4.78, 5) is 26.9. The Labute approximate surface area is 149 Å². The molecule has 0 spiro atoms. The van der Waals surface area contributed by atoms with Gasteiger partial charge in [-0.1, -0.05) is 31.7 Å². The summed E-state index contributed by atoms with van der Waals surface area (Å²) >= 11 is 0. The molecule has 1 aliphatic carbocycles. The molecular weight excluding hydrogens is 316 g/mol. The second-order valence-electron chi connectivity index (χ2n) is 7.28. The molecule has 1 N–H and O–H groups in total. The van der Waals surface area contributed by atoms with Crippen molar-refractivity contribution in [2.45, 2.75) is 57.9 Å². The Hall–Kier alpha value is -2.04. The monoisotopic (exact) mass is 344 g/mol. The van der Waals surface area contributed by atoms with Gasteiger partial charge in [0.15, 0.2) is 0 Å². The van der Waals surface area contributed by atoms with Gasteiger partial charge in [-0.05, 0) is 37.5 Å². The van der Waals surface area contributed by atoms with Gasteiger partial charge in [-0.3, -0.25) is 9.59 Å². The van der Waals surface area contributed by atoms with Crippen LogP contribution in [0.1, 0.15) is 50.5 Å². The number of carbonyl (C=O) groups is 2. The summed E-state index contributed by atoms with van der Waals surface area (Å²) in [7, 11) is 1.60. The van der Waals surface area contributed by atoms with Crippen molar-refractivity contribution < 1.29 is 14.3 Å². The second kappa shape index (κ2) is 7.89. The van der Waals surface area contributed by atoms with E-state index in [1.165, 1.54) is 25.7 Å². The summed E-state index contributed by atoms with van der Waals surface area (Å²) in [6, 6.07) is 6.05. The number of aryl methyl sites for hydroxylation is 1. The lowest BCUT2D eigenvalue weighted by atomic mass is 10.0. The van der Waals surface area contributed by atoms with Gasteiger partial charge in [-0.15, -0.1) is 0 Å². The van der Waals surface area contributed by atoms with Crippen molar-refractivity contribution in [3.8, 4) is 5.75 Å². The van der Waals surface area contributed by atoms with E-state index in [1.54, 1.807) is 12.0 Å². The average Bonchev–Trinajstić information content (AvgIpc) is 2.81. The van der Waals surface area contributed by atoms with Crippen LogP contribution in [0, 0.1) is 12.8 Å². The van der Waals surface area contributed by atoms with Gasteiger partial charge >= 0.3 is 0 Å². The zero-order valence-electron chi connectivity index (χ0n) is 15.2. The number of rotatable bonds is 4. The van der Waals surface area contributed by atoms with E-state index in [4.69, 9.17) is 4.74 Å². The van der Waals surface area contributed by atoms with Gasteiger partial charge in [-0.2, -0.15) is 0 Å². The number of hydrogen-bond acceptors (Lipinski definition) is 3. The SMILES string of the molecule is COc1ccc(C)cc1N1CC(C(=O)NC2CCCCCC2)CC1=O. The van der Waals surface area contributed by atoms with E-state index in [2.05, 4.69) is 5.32 Å². The molecule has 2 fully saturated rings. The van der Waals surface area contributed by atoms with Gasteiger partial charge < -0.3 is 15.0 Å². The van der Waals surface area contributed by atoms with Crippen LogP contribution in [-0.2, 0) is 9.59 Å². The van der Waals surface area contributed by atoms with Gasteiger partial charge in [-0.25, -0.2) is 0 Å². The Bertz CT molecular complexity index is 636. The molecule has 1 saturated carbocycles. The van der Waals surface area contributed by atoms with Gasteiger partial charge in [0.05, 0.1) is 18.7 Å². The zero-order valence-corrected chi connectivity index (χ0v) is 15.2. The van der Waals surface area contributed by atoms with Crippen LogP contribution in [0.4, 0.5) is 5.69 Å². The quantitative estimate of drug-likeness (QED) is 0.854. The number of methoxy groups -OCH3 is 1. The molecule has 1 saturated heterocycles. The number of ether oxygens (including phenoxy) is 1. The number of hydrogen-bond donors (Lipinski definition) is 1. The minimum atomic E-state index is -0.277.